The molecule has 0 radical (unpaired) electrons. The van der Waals surface area contributed by atoms with Crippen LogP contribution < -0.4 is 11.1 Å². The van der Waals surface area contributed by atoms with Crippen molar-refractivity contribution in [2.75, 3.05) is 0 Å². The fraction of sp³-hybridized carbons (Fsp3) is 0.583. The van der Waals surface area contributed by atoms with Crippen LogP contribution in [0, 0.1) is 0 Å². The van der Waals surface area contributed by atoms with E-state index in [0.717, 1.165) is 24.0 Å². The molecule has 16 heavy (non-hydrogen) atoms. The number of nitrogens with one attached hydrogen (secondary N) is 1. The minimum atomic E-state index is 0.424. The predicted molar refractivity (Wildman–Crippen MR) is 69.0 cm³/mol. The summed E-state index contributed by atoms with van der Waals surface area (Å²) in [5.41, 5.74) is 7.16. The van der Waals surface area contributed by atoms with Crippen molar-refractivity contribution in [2.24, 2.45) is 5.73 Å². The second-order valence-corrected chi connectivity index (χ2v) is 5.29. The van der Waals surface area contributed by atoms with Gasteiger partial charge in [0.2, 0.25) is 0 Å². The molecular formula is C12H18BrN3. The van der Waals surface area contributed by atoms with E-state index >= 15 is 0 Å². The van der Waals surface area contributed by atoms with Gasteiger partial charge in [0.25, 0.3) is 0 Å². The molecule has 1 saturated carbocycles. The van der Waals surface area contributed by atoms with E-state index in [0.29, 0.717) is 12.1 Å². The van der Waals surface area contributed by atoms with Crippen LogP contribution >= 0.6 is 15.9 Å². The number of nitrogens with two attached hydrogens (primary N) is 1. The molecule has 3 nitrogen and oxygen atoms in total. The summed E-state index contributed by atoms with van der Waals surface area (Å²) < 4.78 is 0.900. The van der Waals surface area contributed by atoms with Crippen molar-refractivity contribution in [3.63, 3.8) is 0 Å². The van der Waals surface area contributed by atoms with Crippen molar-refractivity contribution in [3.8, 4) is 0 Å². The Morgan fingerprint density at radius 3 is 2.81 bits per heavy atom. The summed E-state index contributed by atoms with van der Waals surface area (Å²) in [5, 5.41) is 3.58. The van der Waals surface area contributed by atoms with Gasteiger partial charge in [-0.15, -0.1) is 0 Å². The Morgan fingerprint density at radius 2 is 2.12 bits per heavy atom. The molecule has 0 unspecified atom stereocenters. The first-order valence-electron chi connectivity index (χ1n) is 5.83. The Balaban J connectivity index is 1.79. The number of nitrogens with zero attached hydrogens (tertiary/aromatic N) is 1. The molecule has 0 aromatic carbocycles. The molecule has 1 aliphatic carbocycles. The van der Waals surface area contributed by atoms with Crippen molar-refractivity contribution in [1.82, 2.24) is 10.3 Å². The molecule has 0 saturated heterocycles. The molecule has 1 aromatic heterocycles. The Bertz CT molecular complexity index is 335. The monoisotopic (exact) mass is 283 g/mol. The minimum Gasteiger partial charge on any atom is -0.328 e. The zero-order chi connectivity index (χ0) is 11.4. The van der Waals surface area contributed by atoms with Gasteiger partial charge in [0.1, 0.15) is 4.60 Å². The van der Waals surface area contributed by atoms with Crippen LogP contribution in [0.5, 0.6) is 0 Å². The normalized spacial score (nSPS) is 25.6. The van der Waals surface area contributed by atoms with Crippen LogP contribution in [-0.2, 0) is 6.54 Å². The molecule has 2 rings (SSSR count). The van der Waals surface area contributed by atoms with Gasteiger partial charge in [0.15, 0.2) is 0 Å². The number of rotatable bonds is 3. The third kappa shape index (κ3) is 3.54. The molecule has 0 atom stereocenters. The Kier molecular flexibility index (Phi) is 4.32. The van der Waals surface area contributed by atoms with Gasteiger partial charge >= 0.3 is 0 Å². The molecule has 1 fully saturated rings. The molecule has 1 aromatic rings. The maximum atomic E-state index is 5.88. The fourth-order valence-electron chi connectivity index (χ4n) is 2.14. The summed E-state index contributed by atoms with van der Waals surface area (Å²) in [4.78, 5) is 4.12. The molecule has 1 heterocycles. The fourth-order valence-corrected chi connectivity index (χ4v) is 2.55. The first kappa shape index (κ1) is 12.0. The number of hydrogen-bond donors (Lipinski definition) is 2. The van der Waals surface area contributed by atoms with Crippen molar-refractivity contribution < 1.29 is 0 Å². The zero-order valence-electron chi connectivity index (χ0n) is 9.32. The van der Waals surface area contributed by atoms with E-state index in [1.807, 2.05) is 12.3 Å². The lowest BCUT2D eigenvalue weighted by Gasteiger charge is -2.26. The van der Waals surface area contributed by atoms with Gasteiger partial charge in [-0.25, -0.2) is 4.98 Å². The van der Waals surface area contributed by atoms with E-state index in [2.05, 4.69) is 32.3 Å². The lowest BCUT2D eigenvalue weighted by molar-refractivity contribution is 0.342. The van der Waals surface area contributed by atoms with Gasteiger partial charge in [0, 0.05) is 24.8 Å². The van der Waals surface area contributed by atoms with Crippen molar-refractivity contribution in [2.45, 2.75) is 44.3 Å². The molecule has 0 amide bonds. The van der Waals surface area contributed by atoms with Gasteiger partial charge in [0.05, 0.1) is 0 Å². The number of halogens is 1. The molecule has 1 aliphatic rings. The molecule has 0 aliphatic heterocycles. The summed E-state index contributed by atoms with van der Waals surface area (Å²) >= 11 is 3.38. The lowest BCUT2D eigenvalue weighted by atomic mass is 9.92. The van der Waals surface area contributed by atoms with Gasteiger partial charge in [-0.1, -0.05) is 0 Å². The van der Waals surface area contributed by atoms with E-state index in [4.69, 9.17) is 5.73 Å². The highest BCUT2D eigenvalue weighted by Gasteiger charge is 2.17. The quantitative estimate of drug-likeness (QED) is 0.837. The Labute approximate surface area is 105 Å². The van der Waals surface area contributed by atoms with Crippen LogP contribution in [0.2, 0.25) is 0 Å². The van der Waals surface area contributed by atoms with Crippen molar-refractivity contribution >= 4 is 15.9 Å². The third-order valence-corrected chi connectivity index (χ3v) is 3.59. The van der Waals surface area contributed by atoms with E-state index in [1.54, 1.807) is 0 Å². The SMILES string of the molecule is NC1CCC(NCc2ccnc(Br)c2)CC1. The third-order valence-electron chi connectivity index (χ3n) is 3.16. The van der Waals surface area contributed by atoms with Gasteiger partial charge in [-0.05, 0) is 59.3 Å². The van der Waals surface area contributed by atoms with Crippen LogP contribution in [0.25, 0.3) is 0 Å². The number of aromatic nitrogens is 1. The molecular weight excluding hydrogens is 266 g/mol. The molecule has 4 heteroatoms. The Morgan fingerprint density at radius 1 is 1.38 bits per heavy atom. The Hall–Kier alpha value is -0.450. The van der Waals surface area contributed by atoms with Crippen molar-refractivity contribution in [3.05, 3.63) is 28.5 Å². The van der Waals surface area contributed by atoms with Gasteiger partial charge < -0.3 is 11.1 Å². The van der Waals surface area contributed by atoms with Crippen LogP contribution in [0.15, 0.2) is 22.9 Å². The average Bonchev–Trinajstić information content (AvgIpc) is 2.28. The summed E-state index contributed by atoms with van der Waals surface area (Å²) in [6.07, 6.45) is 6.54. The van der Waals surface area contributed by atoms with Gasteiger partial charge in [-0.3, -0.25) is 0 Å². The van der Waals surface area contributed by atoms with Crippen LogP contribution in [0.4, 0.5) is 0 Å². The summed E-state index contributed by atoms with van der Waals surface area (Å²) in [6.45, 7) is 0.918. The zero-order valence-corrected chi connectivity index (χ0v) is 10.9. The minimum absolute atomic E-state index is 0.424. The van der Waals surface area contributed by atoms with Crippen LogP contribution in [0.1, 0.15) is 31.2 Å². The first-order chi connectivity index (χ1) is 7.74. The molecule has 0 spiro atoms. The average molecular weight is 284 g/mol. The highest BCUT2D eigenvalue weighted by atomic mass is 79.9. The smallest absolute Gasteiger partial charge is 0.106 e. The summed E-state index contributed by atoms with van der Waals surface area (Å²) in [5.74, 6) is 0. The maximum Gasteiger partial charge on any atom is 0.106 e. The lowest BCUT2D eigenvalue weighted by Crippen LogP contribution is -2.37. The number of pyridine rings is 1. The van der Waals surface area contributed by atoms with E-state index < -0.39 is 0 Å². The second-order valence-electron chi connectivity index (χ2n) is 4.48. The topological polar surface area (TPSA) is 50.9 Å². The van der Waals surface area contributed by atoms with E-state index in [-0.39, 0.29) is 0 Å². The van der Waals surface area contributed by atoms with Crippen LogP contribution in [-0.4, -0.2) is 17.1 Å². The molecule has 3 N–H and O–H groups in total. The number of hydrogen-bond acceptors (Lipinski definition) is 3. The summed E-state index contributed by atoms with van der Waals surface area (Å²) in [7, 11) is 0. The van der Waals surface area contributed by atoms with E-state index in [9.17, 15) is 0 Å². The largest absolute Gasteiger partial charge is 0.328 e. The van der Waals surface area contributed by atoms with Crippen LogP contribution in [0.3, 0.4) is 0 Å². The maximum absolute atomic E-state index is 5.88. The standard InChI is InChI=1S/C12H18BrN3/c13-12-7-9(5-6-15-12)8-16-11-3-1-10(14)2-4-11/h5-7,10-11,16H,1-4,8,14H2. The van der Waals surface area contributed by atoms with Crippen molar-refractivity contribution in [1.29, 1.82) is 0 Å². The highest BCUT2D eigenvalue weighted by Crippen LogP contribution is 2.17. The highest BCUT2D eigenvalue weighted by molar-refractivity contribution is 9.10. The first-order valence-corrected chi connectivity index (χ1v) is 6.63. The predicted octanol–water partition coefficient (Wildman–Crippen LogP) is 2.20. The second kappa shape index (κ2) is 5.75. The summed E-state index contributed by atoms with van der Waals surface area (Å²) in [6, 6.07) is 5.16. The molecule has 88 valence electrons. The molecule has 0 bridgehead atoms. The van der Waals surface area contributed by atoms with Gasteiger partial charge in [-0.2, -0.15) is 0 Å². The van der Waals surface area contributed by atoms with E-state index in [1.165, 1.54) is 18.4 Å².